The minimum absolute atomic E-state index is 0.211. The van der Waals surface area contributed by atoms with Crippen LogP contribution in [0.1, 0.15) is 22.2 Å². The van der Waals surface area contributed by atoms with E-state index in [1.807, 2.05) is 0 Å². The third-order valence-corrected chi connectivity index (χ3v) is 5.13. The first-order valence-corrected chi connectivity index (χ1v) is 9.76. The van der Waals surface area contributed by atoms with E-state index in [4.69, 9.17) is 18.9 Å². The third kappa shape index (κ3) is 5.07. The summed E-state index contributed by atoms with van der Waals surface area (Å²) >= 11 is 0. The van der Waals surface area contributed by atoms with Gasteiger partial charge in [0.05, 0.1) is 19.3 Å². The van der Waals surface area contributed by atoms with Gasteiger partial charge in [-0.2, -0.15) is 0 Å². The second-order valence-electron chi connectivity index (χ2n) is 7.22. The van der Waals surface area contributed by atoms with Gasteiger partial charge in [0.15, 0.2) is 12.5 Å². The molecular formula is C22H25FO9. The number of halogens is 1. The predicted octanol–water partition coefficient (Wildman–Crippen LogP) is 0.933. The van der Waals surface area contributed by atoms with Crippen LogP contribution in [0.3, 0.4) is 0 Å². The van der Waals surface area contributed by atoms with E-state index < -0.39 is 49.6 Å². The number of methoxy groups -OCH3 is 2. The smallest absolute Gasteiger partial charge is 0.337 e. The molecule has 0 aliphatic carbocycles. The molecule has 2 aromatic rings. The lowest BCUT2D eigenvalue weighted by atomic mass is 9.99. The van der Waals surface area contributed by atoms with Crippen LogP contribution in [0.2, 0.25) is 0 Å². The van der Waals surface area contributed by atoms with Crippen molar-refractivity contribution in [2.24, 2.45) is 0 Å². The zero-order valence-electron chi connectivity index (χ0n) is 17.4. The fourth-order valence-electron chi connectivity index (χ4n) is 3.33. The molecule has 4 N–H and O–H groups in total. The van der Waals surface area contributed by atoms with Crippen molar-refractivity contribution in [1.29, 1.82) is 0 Å². The number of benzene rings is 2. The van der Waals surface area contributed by atoms with Crippen molar-refractivity contribution in [2.75, 3.05) is 20.8 Å². The van der Waals surface area contributed by atoms with E-state index in [1.54, 1.807) is 24.3 Å². The van der Waals surface area contributed by atoms with Gasteiger partial charge >= 0.3 is 5.97 Å². The van der Waals surface area contributed by atoms with Gasteiger partial charge in [-0.1, -0.05) is 12.1 Å². The molecule has 10 heteroatoms. The fourth-order valence-corrected chi connectivity index (χ4v) is 3.33. The van der Waals surface area contributed by atoms with E-state index in [9.17, 15) is 29.6 Å². The quantitative estimate of drug-likeness (QED) is 0.357. The SMILES string of the molecule is COC(=O)c1cc(-c2ccc(O[C@H]3O[C@H](CO)[C@@H](O)[C@H](O)[C@@H]3F)cc2)cc(C(O)OC)c1. The van der Waals surface area contributed by atoms with Gasteiger partial charge in [0.1, 0.15) is 24.1 Å². The maximum absolute atomic E-state index is 14.3. The minimum Gasteiger partial charge on any atom is -0.465 e. The van der Waals surface area contributed by atoms with Crippen molar-refractivity contribution in [3.05, 3.63) is 53.6 Å². The summed E-state index contributed by atoms with van der Waals surface area (Å²) in [5.41, 5.74) is 1.80. The number of aliphatic hydroxyl groups is 4. The van der Waals surface area contributed by atoms with Crippen LogP contribution in [0, 0.1) is 0 Å². The predicted molar refractivity (Wildman–Crippen MR) is 108 cm³/mol. The van der Waals surface area contributed by atoms with Crippen molar-refractivity contribution < 1.29 is 48.6 Å². The van der Waals surface area contributed by atoms with Gasteiger partial charge in [-0.15, -0.1) is 0 Å². The minimum atomic E-state index is -2.03. The third-order valence-electron chi connectivity index (χ3n) is 5.13. The summed E-state index contributed by atoms with van der Waals surface area (Å²) in [6.45, 7) is -0.615. The molecule has 0 bridgehead atoms. The summed E-state index contributed by atoms with van der Waals surface area (Å²) in [6.07, 6.45) is -9.32. The summed E-state index contributed by atoms with van der Waals surface area (Å²) in [4.78, 5) is 12.0. The second kappa shape index (κ2) is 10.3. The van der Waals surface area contributed by atoms with Crippen molar-refractivity contribution in [3.63, 3.8) is 0 Å². The van der Waals surface area contributed by atoms with Crippen LogP contribution < -0.4 is 4.74 Å². The highest BCUT2D eigenvalue weighted by Crippen LogP contribution is 2.30. The Morgan fingerprint density at radius 3 is 2.38 bits per heavy atom. The van der Waals surface area contributed by atoms with Crippen molar-refractivity contribution in [1.82, 2.24) is 0 Å². The highest BCUT2D eigenvalue weighted by molar-refractivity contribution is 5.91. The van der Waals surface area contributed by atoms with E-state index in [1.165, 1.54) is 32.4 Å². The summed E-state index contributed by atoms with van der Waals surface area (Å²) in [7, 11) is 2.57. The number of aliphatic hydroxyl groups excluding tert-OH is 4. The molecule has 1 aliphatic heterocycles. The maximum Gasteiger partial charge on any atom is 0.337 e. The van der Waals surface area contributed by atoms with E-state index in [0.717, 1.165) is 0 Å². The molecule has 0 spiro atoms. The average molecular weight is 452 g/mol. The molecule has 0 amide bonds. The molecule has 1 saturated heterocycles. The lowest BCUT2D eigenvalue weighted by molar-refractivity contribution is -0.261. The molecular weight excluding hydrogens is 427 g/mol. The Kier molecular flexibility index (Phi) is 7.77. The van der Waals surface area contributed by atoms with Gasteiger partial charge in [0.2, 0.25) is 6.29 Å². The molecule has 0 radical (unpaired) electrons. The van der Waals surface area contributed by atoms with Gasteiger partial charge < -0.3 is 39.4 Å². The Bertz CT molecular complexity index is 918. The summed E-state index contributed by atoms with van der Waals surface area (Å²) in [5, 5.41) is 38.8. The molecule has 0 saturated carbocycles. The van der Waals surface area contributed by atoms with Crippen LogP contribution >= 0.6 is 0 Å². The molecule has 174 valence electrons. The van der Waals surface area contributed by atoms with Crippen molar-refractivity contribution in [3.8, 4) is 16.9 Å². The van der Waals surface area contributed by atoms with Crippen LogP contribution in [0.25, 0.3) is 11.1 Å². The Balaban J connectivity index is 1.83. The maximum atomic E-state index is 14.3. The Labute approximate surface area is 183 Å². The molecule has 1 unspecified atom stereocenters. The largest absolute Gasteiger partial charge is 0.465 e. The monoisotopic (exact) mass is 452 g/mol. The topological polar surface area (TPSA) is 135 Å². The number of ether oxygens (including phenoxy) is 4. The summed E-state index contributed by atoms with van der Waals surface area (Å²) < 4.78 is 34.7. The fraction of sp³-hybridized carbons (Fsp3) is 0.409. The molecule has 6 atom stereocenters. The van der Waals surface area contributed by atoms with Crippen molar-refractivity contribution >= 4 is 5.97 Å². The van der Waals surface area contributed by atoms with Crippen LogP contribution in [0.5, 0.6) is 5.75 Å². The summed E-state index contributed by atoms with van der Waals surface area (Å²) in [6, 6.07) is 11.0. The van der Waals surface area contributed by atoms with Crippen LogP contribution in [0.4, 0.5) is 4.39 Å². The standard InChI is InChI=1S/C22H25FO9/c1-29-20(27)13-7-12(8-14(9-13)21(28)30-2)11-3-5-15(6-4-11)31-22-17(23)19(26)18(25)16(10-24)32-22/h3-9,16-20,22,24-27H,10H2,1-2H3/t16-,17+,18-,19-,20?,22+/m1/s1. The Hall–Kier alpha value is -2.60. The van der Waals surface area contributed by atoms with Gasteiger partial charge in [-0.25, -0.2) is 9.18 Å². The first kappa shape index (κ1) is 24.1. The first-order valence-electron chi connectivity index (χ1n) is 9.76. The molecule has 1 aliphatic rings. The van der Waals surface area contributed by atoms with E-state index in [-0.39, 0.29) is 11.3 Å². The average Bonchev–Trinajstić information content (AvgIpc) is 2.83. The molecule has 0 aromatic heterocycles. The number of alkyl halides is 1. The Morgan fingerprint density at radius 1 is 1.09 bits per heavy atom. The van der Waals surface area contributed by atoms with Gasteiger partial charge in [-0.05, 0) is 41.5 Å². The number of carbonyl (C=O) groups is 1. The number of carbonyl (C=O) groups excluding carboxylic acids is 1. The van der Waals surface area contributed by atoms with E-state index >= 15 is 0 Å². The first-order chi connectivity index (χ1) is 15.3. The molecule has 1 heterocycles. The van der Waals surface area contributed by atoms with Gasteiger partial charge in [0.25, 0.3) is 0 Å². The second-order valence-corrected chi connectivity index (χ2v) is 7.22. The number of rotatable bonds is 7. The van der Waals surface area contributed by atoms with Crippen LogP contribution in [0.15, 0.2) is 42.5 Å². The zero-order chi connectivity index (χ0) is 23.4. The molecule has 3 rings (SSSR count). The van der Waals surface area contributed by atoms with E-state index in [2.05, 4.69) is 0 Å². The van der Waals surface area contributed by atoms with Gasteiger partial charge in [0, 0.05) is 12.7 Å². The lowest BCUT2D eigenvalue weighted by Gasteiger charge is -2.38. The Morgan fingerprint density at radius 2 is 1.78 bits per heavy atom. The zero-order valence-corrected chi connectivity index (χ0v) is 17.4. The normalized spacial score (nSPS) is 26.4. The van der Waals surface area contributed by atoms with Crippen LogP contribution in [-0.4, -0.2) is 78.0 Å². The van der Waals surface area contributed by atoms with Crippen LogP contribution in [-0.2, 0) is 14.2 Å². The number of hydrogen-bond donors (Lipinski definition) is 4. The molecule has 2 aromatic carbocycles. The van der Waals surface area contributed by atoms with Gasteiger partial charge in [-0.3, -0.25) is 0 Å². The number of hydrogen-bond acceptors (Lipinski definition) is 9. The molecule has 1 fully saturated rings. The highest BCUT2D eigenvalue weighted by atomic mass is 19.1. The lowest BCUT2D eigenvalue weighted by Crippen LogP contribution is -2.58. The number of esters is 1. The highest BCUT2D eigenvalue weighted by Gasteiger charge is 2.46. The van der Waals surface area contributed by atoms with Crippen molar-refractivity contribution in [2.45, 2.75) is 37.1 Å². The van der Waals surface area contributed by atoms with E-state index in [0.29, 0.717) is 16.7 Å². The summed E-state index contributed by atoms with van der Waals surface area (Å²) in [5.74, 6) is -0.373. The molecule has 9 nitrogen and oxygen atoms in total. The molecule has 32 heavy (non-hydrogen) atoms.